The zero-order chi connectivity index (χ0) is 23.3. The number of esters is 1. The van der Waals surface area contributed by atoms with Gasteiger partial charge in [0.25, 0.3) is 0 Å². The molecule has 1 aromatic carbocycles. The van der Waals surface area contributed by atoms with Crippen LogP contribution in [0.25, 0.3) is 0 Å². The molecular weight excluding hydrogens is 430 g/mol. The average Bonchev–Trinajstić information content (AvgIpc) is 2.80. The third kappa shape index (κ3) is 5.90. The van der Waals surface area contributed by atoms with Gasteiger partial charge in [-0.1, -0.05) is 12.1 Å². The van der Waals surface area contributed by atoms with Crippen molar-refractivity contribution in [2.75, 3.05) is 7.11 Å². The van der Waals surface area contributed by atoms with E-state index in [1.54, 1.807) is 36.7 Å². The second-order valence-electron chi connectivity index (χ2n) is 7.88. The molecule has 1 aliphatic rings. The molecule has 2 aromatic heterocycles. The number of carbonyl (C=O) groups is 1. The van der Waals surface area contributed by atoms with Crippen molar-refractivity contribution in [3.8, 4) is 5.75 Å². The lowest BCUT2D eigenvalue weighted by atomic mass is 9.89. The van der Waals surface area contributed by atoms with Crippen molar-refractivity contribution in [3.05, 3.63) is 89.5 Å². The molecule has 33 heavy (non-hydrogen) atoms. The Morgan fingerprint density at radius 3 is 2.58 bits per heavy atom. The molecule has 8 heteroatoms. The molecule has 1 saturated carbocycles. The van der Waals surface area contributed by atoms with Crippen LogP contribution in [0.4, 0.5) is 8.78 Å². The monoisotopic (exact) mass is 454 g/mol. The maximum atomic E-state index is 14.2. The van der Waals surface area contributed by atoms with E-state index >= 15 is 0 Å². The van der Waals surface area contributed by atoms with E-state index in [1.165, 1.54) is 19.4 Å². The normalized spacial score (nSPS) is 14.9. The number of aromatic nitrogens is 2. The Morgan fingerprint density at radius 2 is 1.94 bits per heavy atom. The van der Waals surface area contributed by atoms with Crippen LogP contribution >= 0.6 is 0 Å². The fourth-order valence-corrected chi connectivity index (χ4v) is 3.64. The average molecular weight is 454 g/mol. The van der Waals surface area contributed by atoms with E-state index in [9.17, 15) is 13.6 Å². The summed E-state index contributed by atoms with van der Waals surface area (Å²) in [4.78, 5) is 20.3. The van der Waals surface area contributed by atoms with Crippen molar-refractivity contribution in [2.24, 2.45) is 0 Å². The largest absolute Gasteiger partial charge is 0.535 e. The van der Waals surface area contributed by atoms with Gasteiger partial charge < -0.3 is 9.47 Å². The standard InChI is InChI=1S/C25H24F2N2O4/c1-31-24(30)19-8-9-23(29-16-19)22(14-17-10-12-28-13-11-17)18-4-2-7-21(15-18)33-25(26,27)32-20-5-3-6-20/h2,4,7-13,15-16,20,22H,3,5-6,14H2,1H3. The van der Waals surface area contributed by atoms with E-state index in [1.807, 2.05) is 18.2 Å². The molecule has 0 spiro atoms. The smallest absolute Gasteiger partial charge is 0.465 e. The van der Waals surface area contributed by atoms with E-state index < -0.39 is 18.4 Å². The van der Waals surface area contributed by atoms with Crippen molar-refractivity contribution < 1.29 is 27.8 Å². The molecule has 3 aromatic rings. The summed E-state index contributed by atoms with van der Waals surface area (Å²) in [5.41, 5.74) is 2.74. The first-order valence-electron chi connectivity index (χ1n) is 10.7. The number of alkyl halides is 2. The van der Waals surface area contributed by atoms with E-state index in [0.29, 0.717) is 30.5 Å². The highest BCUT2D eigenvalue weighted by Crippen LogP contribution is 2.34. The van der Waals surface area contributed by atoms with Crippen molar-refractivity contribution in [2.45, 2.75) is 44.0 Å². The highest BCUT2D eigenvalue weighted by molar-refractivity contribution is 5.88. The topological polar surface area (TPSA) is 70.5 Å². The van der Waals surface area contributed by atoms with Crippen LogP contribution in [0, 0.1) is 0 Å². The summed E-state index contributed by atoms with van der Waals surface area (Å²) in [5.74, 6) is -0.754. The first-order chi connectivity index (χ1) is 15.9. The molecule has 1 atom stereocenters. The molecule has 172 valence electrons. The highest BCUT2D eigenvalue weighted by atomic mass is 19.3. The van der Waals surface area contributed by atoms with Crippen LogP contribution in [0.5, 0.6) is 5.75 Å². The van der Waals surface area contributed by atoms with Gasteiger partial charge in [-0.3, -0.25) is 14.7 Å². The van der Waals surface area contributed by atoms with Gasteiger partial charge in [0.15, 0.2) is 0 Å². The SMILES string of the molecule is COC(=O)c1ccc(C(Cc2ccncc2)c2cccc(OC(F)(F)OC3CCC3)c2)nc1. The zero-order valence-corrected chi connectivity index (χ0v) is 18.1. The Kier molecular flexibility index (Phi) is 6.93. The molecule has 0 aliphatic heterocycles. The lowest BCUT2D eigenvalue weighted by Crippen LogP contribution is -2.36. The molecule has 0 radical (unpaired) electrons. The highest BCUT2D eigenvalue weighted by Gasteiger charge is 2.39. The van der Waals surface area contributed by atoms with E-state index in [-0.39, 0.29) is 11.7 Å². The van der Waals surface area contributed by atoms with Crippen LogP contribution < -0.4 is 4.74 Å². The Bertz CT molecular complexity index is 1070. The summed E-state index contributed by atoms with van der Waals surface area (Å²) < 4.78 is 42.9. The van der Waals surface area contributed by atoms with Crippen LogP contribution in [0.2, 0.25) is 0 Å². The second-order valence-corrected chi connectivity index (χ2v) is 7.88. The molecule has 6 nitrogen and oxygen atoms in total. The summed E-state index contributed by atoms with van der Waals surface area (Å²) in [6.45, 7) is 0. The van der Waals surface area contributed by atoms with Gasteiger partial charge in [0.1, 0.15) is 5.75 Å². The Labute approximate surface area is 190 Å². The number of halogens is 2. The van der Waals surface area contributed by atoms with Gasteiger partial charge >= 0.3 is 12.3 Å². The van der Waals surface area contributed by atoms with Crippen molar-refractivity contribution >= 4 is 5.97 Å². The molecule has 1 fully saturated rings. The minimum absolute atomic E-state index is 0.00253. The summed E-state index contributed by atoms with van der Waals surface area (Å²) in [6.07, 6.45) is 3.31. The number of ether oxygens (including phenoxy) is 3. The Morgan fingerprint density at radius 1 is 1.15 bits per heavy atom. The zero-order valence-electron chi connectivity index (χ0n) is 18.1. The lowest BCUT2D eigenvalue weighted by molar-refractivity contribution is -0.376. The molecule has 1 unspecified atom stereocenters. The summed E-state index contributed by atoms with van der Waals surface area (Å²) in [7, 11) is 1.30. The quantitative estimate of drug-likeness (QED) is 0.330. The van der Waals surface area contributed by atoms with Crippen molar-refractivity contribution in [3.63, 3.8) is 0 Å². The summed E-state index contributed by atoms with van der Waals surface area (Å²) in [6, 6.07) is 13.7. The number of nitrogens with zero attached hydrogens (tertiary/aromatic N) is 2. The fourth-order valence-electron chi connectivity index (χ4n) is 3.64. The van der Waals surface area contributed by atoms with E-state index in [4.69, 9.17) is 14.2 Å². The van der Waals surface area contributed by atoms with Crippen LogP contribution in [0.15, 0.2) is 67.1 Å². The predicted octanol–water partition coefficient (Wildman–Crippen LogP) is 5.14. The molecule has 0 saturated heterocycles. The molecule has 1 aliphatic carbocycles. The minimum Gasteiger partial charge on any atom is -0.465 e. The van der Waals surface area contributed by atoms with E-state index in [0.717, 1.165) is 17.5 Å². The molecule has 0 N–H and O–H groups in total. The van der Waals surface area contributed by atoms with Crippen molar-refractivity contribution in [1.29, 1.82) is 0 Å². The minimum atomic E-state index is -3.70. The van der Waals surface area contributed by atoms with Gasteiger partial charge in [-0.25, -0.2) is 4.79 Å². The van der Waals surface area contributed by atoms with Crippen LogP contribution in [-0.4, -0.2) is 35.4 Å². The lowest BCUT2D eigenvalue weighted by Gasteiger charge is -2.29. The first kappa shape index (κ1) is 22.8. The molecule has 4 rings (SSSR count). The van der Waals surface area contributed by atoms with Gasteiger partial charge in [-0.15, -0.1) is 8.78 Å². The Hall–Kier alpha value is -3.39. The Balaban J connectivity index is 1.61. The number of methoxy groups -OCH3 is 1. The van der Waals surface area contributed by atoms with Crippen molar-refractivity contribution in [1.82, 2.24) is 9.97 Å². The first-order valence-corrected chi connectivity index (χ1v) is 10.7. The number of benzene rings is 1. The third-order valence-electron chi connectivity index (χ3n) is 5.61. The van der Waals surface area contributed by atoms with Crippen LogP contribution in [0.3, 0.4) is 0 Å². The predicted molar refractivity (Wildman–Crippen MR) is 116 cm³/mol. The van der Waals surface area contributed by atoms with Gasteiger partial charge in [-0.2, -0.15) is 0 Å². The second kappa shape index (κ2) is 10.0. The number of hydrogen-bond acceptors (Lipinski definition) is 6. The fraction of sp³-hybridized carbons (Fsp3) is 0.320. The number of carbonyl (C=O) groups excluding carboxylic acids is 1. The van der Waals surface area contributed by atoms with Gasteiger partial charge in [0.05, 0.1) is 18.8 Å². The van der Waals surface area contributed by atoms with Gasteiger partial charge in [0.2, 0.25) is 0 Å². The van der Waals surface area contributed by atoms with Crippen LogP contribution in [-0.2, 0) is 15.9 Å². The summed E-state index contributed by atoms with van der Waals surface area (Å²) >= 11 is 0. The maximum Gasteiger partial charge on any atom is 0.535 e. The van der Waals surface area contributed by atoms with Crippen LogP contribution in [0.1, 0.15) is 52.4 Å². The molecular formula is C25H24F2N2O4. The van der Waals surface area contributed by atoms with Gasteiger partial charge in [0, 0.05) is 30.2 Å². The molecule has 2 heterocycles. The van der Waals surface area contributed by atoms with Gasteiger partial charge in [-0.05, 0) is 73.2 Å². The molecule has 0 amide bonds. The van der Waals surface area contributed by atoms with E-state index in [2.05, 4.69) is 9.97 Å². The number of pyridine rings is 2. The maximum absolute atomic E-state index is 14.2. The molecule has 0 bridgehead atoms. The number of rotatable bonds is 9. The number of hydrogen-bond donors (Lipinski definition) is 0. The summed E-state index contributed by atoms with van der Waals surface area (Å²) in [5, 5.41) is 0. The third-order valence-corrected chi connectivity index (χ3v) is 5.61.